The Hall–Kier alpha value is -2.17. The fourth-order valence-corrected chi connectivity index (χ4v) is 4.98. The molecule has 1 aromatic carbocycles. The van der Waals surface area contributed by atoms with Crippen LogP contribution in [0.3, 0.4) is 0 Å². The Morgan fingerprint density at radius 3 is 2.50 bits per heavy atom. The van der Waals surface area contributed by atoms with Gasteiger partial charge >= 0.3 is 0 Å². The van der Waals surface area contributed by atoms with Crippen LogP contribution >= 0.6 is 0 Å². The van der Waals surface area contributed by atoms with Crippen LogP contribution < -0.4 is 10.3 Å². The molecule has 2 aromatic rings. The summed E-state index contributed by atoms with van der Waals surface area (Å²) >= 11 is 0. The summed E-state index contributed by atoms with van der Waals surface area (Å²) in [6.45, 7) is 0.960. The van der Waals surface area contributed by atoms with Gasteiger partial charge in [0.15, 0.2) is 0 Å². The fourth-order valence-electron chi connectivity index (χ4n) is 4.48. The lowest BCUT2D eigenvalue weighted by atomic mass is 9.82. The lowest BCUT2D eigenvalue weighted by molar-refractivity contribution is 0.0168. The Balaban J connectivity index is 1.70. The van der Waals surface area contributed by atoms with Crippen molar-refractivity contribution in [3.05, 3.63) is 69.4 Å². The van der Waals surface area contributed by atoms with Crippen LogP contribution in [0, 0.1) is 12.7 Å². The number of nitrogens with zero attached hydrogens (tertiary/aromatic N) is 1. The number of rotatable bonds is 10. The summed E-state index contributed by atoms with van der Waals surface area (Å²) in [4.78, 5) is 12.9. The molecule has 1 N–H and O–H groups in total. The van der Waals surface area contributed by atoms with Gasteiger partial charge in [-0.3, -0.25) is 4.79 Å². The molecule has 6 nitrogen and oxygen atoms in total. The minimum Gasteiger partial charge on any atom is -0.378 e. The number of alkyl halides is 2. The lowest BCUT2D eigenvalue weighted by Crippen LogP contribution is -2.36. The van der Waals surface area contributed by atoms with E-state index in [4.69, 9.17) is 4.74 Å². The van der Waals surface area contributed by atoms with Crippen molar-refractivity contribution >= 4 is 10.0 Å². The minimum absolute atomic E-state index is 0.0746. The van der Waals surface area contributed by atoms with Crippen LogP contribution in [0.25, 0.3) is 0 Å². The van der Waals surface area contributed by atoms with E-state index in [0.717, 1.165) is 42.1 Å². The second-order valence-electron chi connectivity index (χ2n) is 9.00. The number of nitrogens with one attached hydrogen (secondary N) is 1. The Bertz CT molecular complexity index is 1130. The zero-order valence-corrected chi connectivity index (χ0v) is 20.2. The molecule has 0 radical (unpaired) electrons. The molecule has 1 aliphatic rings. The molecule has 0 bridgehead atoms. The van der Waals surface area contributed by atoms with Gasteiger partial charge in [0.25, 0.3) is 12.0 Å². The van der Waals surface area contributed by atoms with Gasteiger partial charge in [-0.1, -0.05) is 12.1 Å². The number of hydrogen-bond acceptors (Lipinski definition) is 4. The smallest absolute Gasteiger partial charge is 0.256 e. The molecular formula is C24H31F3N2O4S. The number of aromatic nitrogens is 1. The van der Waals surface area contributed by atoms with Crippen LogP contribution in [0.15, 0.2) is 41.3 Å². The van der Waals surface area contributed by atoms with E-state index in [1.165, 1.54) is 12.3 Å². The van der Waals surface area contributed by atoms with Gasteiger partial charge in [0.1, 0.15) is 5.82 Å². The van der Waals surface area contributed by atoms with Crippen molar-refractivity contribution in [3.63, 3.8) is 0 Å². The number of aryl methyl sites for hydroxylation is 1. The molecule has 3 rings (SSSR count). The number of benzene rings is 1. The Morgan fingerprint density at radius 1 is 1.18 bits per heavy atom. The van der Waals surface area contributed by atoms with Crippen LogP contribution in [0.4, 0.5) is 13.2 Å². The van der Waals surface area contributed by atoms with Gasteiger partial charge in [0, 0.05) is 24.2 Å². The normalized spacial score (nSPS) is 19.9. The van der Waals surface area contributed by atoms with E-state index in [1.54, 1.807) is 25.1 Å². The first-order valence-corrected chi connectivity index (χ1v) is 13.2. The number of halogens is 3. The second kappa shape index (κ2) is 11.5. The van der Waals surface area contributed by atoms with Gasteiger partial charge in [-0.05, 0) is 67.9 Å². The number of hydrogen-bond donors (Lipinski definition) is 1. The Labute approximate surface area is 198 Å². The maximum absolute atomic E-state index is 13.5. The first-order chi connectivity index (χ1) is 16.0. The predicted molar refractivity (Wildman–Crippen MR) is 124 cm³/mol. The molecule has 0 spiro atoms. The SMILES string of the molecule is Cc1cc(C(CNS(C)(=O)=O)COC2CCC(c3cccc(F)c3)CC2)c(=O)n(CC(F)F)c1. The van der Waals surface area contributed by atoms with E-state index in [0.29, 0.717) is 5.56 Å². The summed E-state index contributed by atoms with van der Waals surface area (Å²) in [5, 5.41) is 0. The third kappa shape index (κ3) is 7.68. The van der Waals surface area contributed by atoms with Crippen molar-refractivity contribution in [2.24, 2.45) is 0 Å². The summed E-state index contributed by atoms with van der Waals surface area (Å²) in [5.74, 6) is -0.642. The monoisotopic (exact) mass is 500 g/mol. The summed E-state index contributed by atoms with van der Waals surface area (Å²) in [7, 11) is -3.53. The number of sulfonamides is 1. The predicted octanol–water partition coefficient (Wildman–Crippen LogP) is 3.94. The molecule has 0 amide bonds. The van der Waals surface area contributed by atoms with Crippen molar-refractivity contribution in [1.82, 2.24) is 9.29 Å². The van der Waals surface area contributed by atoms with Crippen molar-refractivity contribution in [2.75, 3.05) is 19.4 Å². The van der Waals surface area contributed by atoms with Gasteiger partial charge in [-0.25, -0.2) is 26.3 Å². The highest BCUT2D eigenvalue weighted by molar-refractivity contribution is 7.88. The zero-order valence-electron chi connectivity index (χ0n) is 19.3. The largest absolute Gasteiger partial charge is 0.378 e. The third-order valence-corrected chi connectivity index (χ3v) is 6.84. The fraction of sp³-hybridized carbons (Fsp3) is 0.542. The summed E-state index contributed by atoms with van der Waals surface area (Å²) in [6.07, 6.45) is 2.76. The van der Waals surface area contributed by atoms with Crippen LogP contribution in [0.1, 0.15) is 54.2 Å². The molecule has 1 aliphatic carbocycles. The average Bonchev–Trinajstić information content (AvgIpc) is 2.76. The molecule has 10 heteroatoms. The van der Waals surface area contributed by atoms with E-state index < -0.39 is 34.5 Å². The van der Waals surface area contributed by atoms with Crippen LogP contribution in [-0.4, -0.2) is 44.9 Å². The highest BCUT2D eigenvalue weighted by Crippen LogP contribution is 2.34. The van der Waals surface area contributed by atoms with E-state index in [1.807, 2.05) is 6.07 Å². The molecule has 1 fully saturated rings. The van der Waals surface area contributed by atoms with Crippen molar-refractivity contribution in [1.29, 1.82) is 0 Å². The minimum atomic E-state index is -3.53. The quantitative estimate of drug-likeness (QED) is 0.536. The molecule has 1 atom stereocenters. The number of pyridine rings is 1. The van der Waals surface area contributed by atoms with Crippen molar-refractivity contribution < 1.29 is 26.3 Å². The highest BCUT2D eigenvalue weighted by Gasteiger charge is 2.26. The molecule has 1 unspecified atom stereocenters. The van der Waals surface area contributed by atoms with Crippen LogP contribution in [-0.2, 0) is 21.3 Å². The van der Waals surface area contributed by atoms with Gasteiger partial charge in [0.05, 0.1) is 25.5 Å². The Morgan fingerprint density at radius 2 is 1.88 bits per heavy atom. The second-order valence-corrected chi connectivity index (χ2v) is 10.8. The van der Waals surface area contributed by atoms with Crippen molar-refractivity contribution in [3.8, 4) is 0 Å². The molecule has 1 aromatic heterocycles. The van der Waals surface area contributed by atoms with E-state index >= 15 is 0 Å². The van der Waals surface area contributed by atoms with Gasteiger partial charge in [-0.2, -0.15) is 0 Å². The van der Waals surface area contributed by atoms with Gasteiger partial charge < -0.3 is 9.30 Å². The summed E-state index contributed by atoms with van der Waals surface area (Å²) in [6, 6.07) is 8.20. The van der Waals surface area contributed by atoms with Crippen LogP contribution in [0.5, 0.6) is 0 Å². The molecule has 0 aliphatic heterocycles. The first-order valence-electron chi connectivity index (χ1n) is 11.3. The van der Waals surface area contributed by atoms with E-state index in [-0.39, 0.29) is 36.6 Å². The average molecular weight is 501 g/mol. The molecule has 0 saturated heterocycles. The molecule has 1 saturated carbocycles. The standard InChI is InChI=1S/C24H31F3N2O4S/c1-16-10-22(24(30)29(13-16)14-23(26)27)19(12-28-34(2,31)32)15-33-21-8-6-17(7-9-21)18-4-3-5-20(25)11-18/h3-5,10-11,13,17,19,21,23,28H,6-9,12,14-15H2,1-2H3. The number of ether oxygens (including phenoxy) is 1. The van der Waals surface area contributed by atoms with E-state index in [9.17, 15) is 26.4 Å². The Kier molecular flexibility index (Phi) is 8.95. The maximum Gasteiger partial charge on any atom is 0.256 e. The third-order valence-electron chi connectivity index (χ3n) is 6.14. The molecular weight excluding hydrogens is 469 g/mol. The van der Waals surface area contributed by atoms with Gasteiger partial charge in [-0.15, -0.1) is 0 Å². The van der Waals surface area contributed by atoms with Crippen molar-refractivity contribution in [2.45, 2.75) is 63.5 Å². The van der Waals surface area contributed by atoms with E-state index in [2.05, 4.69) is 4.72 Å². The first kappa shape index (κ1) is 26.4. The highest BCUT2D eigenvalue weighted by atomic mass is 32.2. The summed E-state index contributed by atoms with van der Waals surface area (Å²) < 4.78 is 72.2. The van der Waals surface area contributed by atoms with Crippen LogP contribution in [0.2, 0.25) is 0 Å². The lowest BCUT2D eigenvalue weighted by Gasteiger charge is -2.30. The zero-order chi connectivity index (χ0) is 24.9. The summed E-state index contributed by atoms with van der Waals surface area (Å²) in [5.41, 5.74) is 1.25. The van der Waals surface area contributed by atoms with Gasteiger partial charge in [0.2, 0.25) is 10.0 Å². The topological polar surface area (TPSA) is 77.4 Å². The molecule has 188 valence electrons. The molecule has 34 heavy (non-hydrogen) atoms. The maximum atomic E-state index is 13.5. The molecule has 1 heterocycles.